The summed E-state index contributed by atoms with van der Waals surface area (Å²) in [6.07, 6.45) is 3.31. The highest BCUT2D eigenvalue weighted by Crippen LogP contribution is 2.23. The zero-order valence-electron chi connectivity index (χ0n) is 8.74. The Bertz CT molecular complexity index is 510. The van der Waals surface area contributed by atoms with Crippen molar-refractivity contribution in [2.24, 2.45) is 5.92 Å². The molecule has 1 fully saturated rings. The number of pyridine rings is 1. The third-order valence-corrected chi connectivity index (χ3v) is 2.86. The molecule has 1 N–H and O–H groups in total. The van der Waals surface area contributed by atoms with Crippen LogP contribution >= 0.6 is 0 Å². The number of aromatic nitrogens is 3. The lowest BCUT2D eigenvalue weighted by molar-refractivity contribution is 0.200. The first-order valence-electron chi connectivity index (χ1n) is 5.30. The molecule has 5 heteroatoms. The maximum absolute atomic E-state index is 8.95. The Morgan fingerprint density at radius 3 is 2.88 bits per heavy atom. The molecule has 16 heavy (non-hydrogen) atoms. The van der Waals surface area contributed by atoms with E-state index < -0.39 is 0 Å². The summed E-state index contributed by atoms with van der Waals surface area (Å²) in [7, 11) is 0. The van der Waals surface area contributed by atoms with Crippen LogP contribution in [0.1, 0.15) is 0 Å². The predicted molar refractivity (Wildman–Crippen MR) is 60.1 cm³/mol. The van der Waals surface area contributed by atoms with E-state index in [-0.39, 0.29) is 6.61 Å². The zero-order valence-corrected chi connectivity index (χ0v) is 8.74. The molecule has 1 aliphatic rings. The number of rotatable bonds is 2. The van der Waals surface area contributed by atoms with Crippen LogP contribution in [0.2, 0.25) is 0 Å². The third-order valence-electron chi connectivity index (χ3n) is 2.86. The van der Waals surface area contributed by atoms with E-state index in [9.17, 15) is 0 Å². The number of aliphatic hydroxyl groups excluding tert-OH is 1. The maximum atomic E-state index is 8.95. The Kier molecular flexibility index (Phi) is 2.18. The highest BCUT2D eigenvalue weighted by atomic mass is 16.3. The summed E-state index contributed by atoms with van der Waals surface area (Å²) < 4.78 is 0. The number of nitrogens with zero attached hydrogens (tertiary/aromatic N) is 4. The summed E-state index contributed by atoms with van der Waals surface area (Å²) in [4.78, 5) is 14.9. The van der Waals surface area contributed by atoms with E-state index in [0.29, 0.717) is 11.6 Å². The molecule has 1 saturated heterocycles. The monoisotopic (exact) mass is 216 g/mol. The van der Waals surface area contributed by atoms with Gasteiger partial charge in [0, 0.05) is 38.0 Å². The van der Waals surface area contributed by atoms with E-state index in [1.807, 2.05) is 12.1 Å². The van der Waals surface area contributed by atoms with E-state index in [1.165, 1.54) is 0 Å². The van der Waals surface area contributed by atoms with Gasteiger partial charge in [-0.15, -0.1) is 0 Å². The van der Waals surface area contributed by atoms with Crippen molar-refractivity contribution < 1.29 is 5.11 Å². The molecule has 0 saturated carbocycles. The van der Waals surface area contributed by atoms with Crippen LogP contribution < -0.4 is 4.90 Å². The minimum atomic E-state index is 0.254. The molecule has 5 nitrogen and oxygen atoms in total. The highest BCUT2D eigenvalue weighted by Gasteiger charge is 2.26. The van der Waals surface area contributed by atoms with Gasteiger partial charge >= 0.3 is 0 Å². The standard InChI is InChI=1S/C11H12N4O/c16-7-8-5-15(6-8)10-2-1-9-11(14-10)13-4-3-12-9/h1-4,8,16H,5-7H2. The fraction of sp³-hybridized carbons (Fsp3) is 0.364. The Hall–Kier alpha value is -1.75. The van der Waals surface area contributed by atoms with Gasteiger partial charge in [-0.1, -0.05) is 0 Å². The van der Waals surface area contributed by atoms with Gasteiger partial charge < -0.3 is 10.0 Å². The molecule has 2 aromatic heterocycles. The van der Waals surface area contributed by atoms with E-state index >= 15 is 0 Å². The lowest BCUT2D eigenvalue weighted by Gasteiger charge is -2.39. The van der Waals surface area contributed by atoms with E-state index in [1.54, 1.807) is 12.4 Å². The van der Waals surface area contributed by atoms with Gasteiger partial charge in [-0.2, -0.15) is 0 Å². The second kappa shape index (κ2) is 3.68. The minimum Gasteiger partial charge on any atom is -0.396 e. The van der Waals surface area contributed by atoms with Crippen molar-refractivity contribution in [2.45, 2.75) is 0 Å². The number of hydrogen-bond acceptors (Lipinski definition) is 5. The summed E-state index contributed by atoms with van der Waals surface area (Å²) in [6.45, 7) is 1.99. The largest absolute Gasteiger partial charge is 0.396 e. The van der Waals surface area contributed by atoms with Gasteiger partial charge in [0.1, 0.15) is 11.3 Å². The first kappa shape index (κ1) is 9.47. The highest BCUT2D eigenvalue weighted by molar-refractivity contribution is 5.71. The average molecular weight is 216 g/mol. The van der Waals surface area contributed by atoms with Crippen molar-refractivity contribution in [3.63, 3.8) is 0 Å². The first-order chi connectivity index (χ1) is 7.86. The van der Waals surface area contributed by atoms with Crippen LogP contribution in [-0.2, 0) is 0 Å². The number of anilines is 1. The molecule has 2 aromatic rings. The molecule has 0 spiro atoms. The van der Waals surface area contributed by atoms with Gasteiger partial charge in [-0.3, -0.25) is 4.98 Å². The number of hydrogen-bond donors (Lipinski definition) is 1. The molecule has 0 radical (unpaired) electrons. The van der Waals surface area contributed by atoms with Crippen LogP contribution in [0.5, 0.6) is 0 Å². The van der Waals surface area contributed by atoms with Gasteiger partial charge in [0.25, 0.3) is 0 Å². The van der Waals surface area contributed by atoms with Gasteiger partial charge in [0.05, 0.1) is 0 Å². The Morgan fingerprint density at radius 2 is 2.06 bits per heavy atom. The summed E-state index contributed by atoms with van der Waals surface area (Å²) in [5.74, 6) is 1.30. The quantitative estimate of drug-likeness (QED) is 0.789. The molecule has 3 heterocycles. The summed E-state index contributed by atoms with van der Waals surface area (Å²) in [5, 5.41) is 8.95. The Balaban J connectivity index is 1.89. The Morgan fingerprint density at radius 1 is 1.25 bits per heavy atom. The van der Waals surface area contributed by atoms with Crippen LogP contribution in [0.4, 0.5) is 5.82 Å². The average Bonchev–Trinajstić information content (AvgIpc) is 2.27. The van der Waals surface area contributed by atoms with Gasteiger partial charge in [-0.25, -0.2) is 9.97 Å². The lowest BCUT2D eigenvalue weighted by Crippen LogP contribution is -2.48. The van der Waals surface area contributed by atoms with Crippen LogP contribution in [0, 0.1) is 5.92 Å². The van der Waals surface area contributed by atoms with Crippen LogP contribution in [0.3, 0.4) is 0 Å². The summed E-state index contributed by atoms with van der Waals surface area (Å²) in [5.41, 5.74) is 1.48. The molecule has 0 aromatic carbocycles. The maximum Gasteiger partial charge on any atom is 0.180 e. The second-order valence-electron chi connectivity index (χ2n) is 4.02. The van der Waals surface area contributed by atoms with Crippen LogP contribution in [0.25, 0.3) is 11.2 Å². The molecular formula is C11H12N4O. The van der Waals surface area contributed by atoms with Crippen molar-refractivity contribution in [3.05, 3.63) is 24.5 Å². The van der Waals surface area contributed by atoms with Crippen LogP contribution in [-0.4, -0.2) is 39.8 Å². The molecule has 82 valence electrons. The molecule has 0 aliphatic carbocycles. The fourth-order valence-electron chi connectivity index (χ4n) is 1.89. The molecule has 0 amide bonds. The topological polar surface area (TPSA) is 62.1 Å². The lowest BCUT2D eigenvalue weighted by atomic mass is 10.0. The third kappa shape index (κ3) is 1.49. The normalized spacial score (nSPS) is 16.4. The molecule has 0 unspecified atom stereocenters. The molecule has 0 atom stereocenters. The van der Waals surface area contributed by atoms with Crippen molar-refractivity contribution in [1.82, 2.24) is 15.0 Å². The van der Waals surface area contributed by atoms with Crippen molar-refractivity contribution in [1.29, 1.82) is 0 Å². The fourth-order valence-corrected chi connectivity index (χ4v) is 1.89. The summed E-state index contributed by atoms with van der Waals surface area (Å²) >= 11 is 0. The van der Waals surface area contributed by atoms with E-state index in [2.05, 4.69) is 19.9 Å². The number of fused-ring (bicyclic) bond motifs is 1. The Labute approximate surface area is 92.8 Å². The van der Waals surface area contributed by atoms with Crippen molar-refractivity contribution >= 4 is 17.0 Å². The molecular weight excluding hydrogens is 204 g/mol. The minimum absolute atomic E-state index is 0.254. The first-order valence-corrected chi connectivity index (χ1v) is 5.30. The molecule has 1 aliphatic heterocycles. The van der Waals surface area contributed by atoms with Crippen LogP contribution in [0.15, 0.2) is 24.5 Å². The van der Waals surface area contributed by atoms with E-state index in [4.69, 9.17) is 5.11 Å². The van der Waals surface area contributed by atoms with E-state index in [0.717, 1.165) is 24.4 Å². The smallest absolute Gasteiger partial charge is 0.180 e. The van der Waals surface area contributed by atoms with Crippen molar-refractivity contribution in [2.75, 3.05) is 24.6 Å². The van der Waals surface area contributed by atoms with Crippen molar-refractivity contribution in [3.8, 4) is 0 Å². The van der Waals surface area contributed by atoms with Gasteiger partial charge in [-0.05, 0) is 12.1 Å². The zero-order chi connectivity index (χ0) is 11.0. The SMILES string of the molecule is OCC1CN(c2ccc3nccnc3n2)C1. The number of aliphatic hydroxyl groups is 1. The van der Waals surface area contributed by atoms with Gasteiger partial charge in [0.15, 0.2) is 5.65 Å². The molecule has 0 bridgehead atoms. The second-order valence-corrected chi connectivity index (χ2v) is 4.02. The van der Waals surface area contributed by atoms with Gasteiger partial charge in [0.2, 0.25) is 0 Å². The predicted octanol–water partition coefficient (Wildman–Crippen LogP) is 0.453. The summed E-state index contributed by atoms with van der Waals surface area (Å²) in [6, 6.07) is 3.88. The molecule has 3 rings (SSSR count).